The van der Waals surface area contributed by atoms with E-state index in [0.29, 0.717) is 16.4 Å². The van der Waals surface area contributed by atoms with Crippen LogP contribution in [-0.4, -0.2) is 33.9 Å². The molecule has 3 aromatic carbocycles. The van der Waals surface area contributed by atoms with Crippen molar-refractivity contribution in [2.24, 2.45) is 0 Å². The molecule has 0 radical (unpaired) electrons. The van der Waals surface area contributed by atoms with E-state index in [0.717, 1.165) is 4.31 Å². The number of benzene rings is 3. The van der Waals surface area contributed by atoms with Gasteiger partial charge in [0.1, 0.15) is 0 Å². The van der Waals surface area contributed by atoms with Crippen molar-refractivity contribution >= 4 is 44.9 Å². The highest BCUT2D eigenvalue weighted by molar-refractivity contribution is 7.92. The highest BCUT2D eigenvalue weighted by atomic mass is 35.5. The maximum absolute atomic E-state index is 13.0. The maximum atomic E-state index is 13.0. The van der Waals surface area contributed by atoms with Gasteiger partial charge in [0.25, 0.3) is 15.9 Å². The van der Waals surface area contributed by atoms with Crippen molar-refractivity contribution in [2.75, 3.05) is 23.3 Å². The summed E-state index contributed by atoms with van der Waals surface area (Å²) in [5.41, 5.74) is 0.951. The molecule has 0 aliphatic rings. The number of rotatable bonds is 7. The number of nitrogens with zero attached hydrogens (tertiary/aromatic N) is 1. The molecule has 1 amide bonds. The molecule has 31 heavy (non-hydrogen) atoms. The number of anilines is 2. The van der Waals surface area contributed by atoms with Crippen molar-refractivity contribution in [3.8, 4) is 0 Å². The van der Waals surface area contributed by atoms with Crippen molar-refractivity contribution in [2.45, 2.75) is 4.90 Å². The molecule has 0 saturated heterocycles. The highest BCUT2D eigenvalue weighted by Crippen LogP contribution is 2.25. The first-order valence-electron chi connectivity index (χ1n) is 9.14. The average molecular weight is 459 g/mol. The summed E-state index contributed by atoms with van der Waals surface area (Å²) in [5, 5.41) is 2.99. The number of hydrogen-bond donors (Lipinski definition) is 1. The third-order valence-corrected chi connectivity index (χ3v) is 6.31. The van der Waals surface area contributed by atoms with Crippen LogP contribution in [0.2, 0.25) is 5.02 Å². The Morgan fingerprint density at radius 1 is 0.968 bits per heavy atom. The second-order valence-corrected chi connectivity index (χ2v) is 8.88. The Balaban J connectivity index is 1.70. The van der Waals surface area contributed by atoms with Crippen LogP contribution in [0, 0.1) is 0 Å². The number of sulfonamides is 1. The molecular formula is C22H19ClN2O5S. The number of halogens is 1. The van der Waals surface area contributed by atoms with Crippen molar-refractivity contribution < 1.29 is 22.7 Å². The predicted octanol–water partition coefficient (Wildman–Crippen LogP) is 3.96. The topological polar surface area (TPSA) is 92.8 Å². The van der Waals surface area contributed by atoms with Gasteiger partial charge < -0.3 is 10.1 Å². The normalized spacial score (nSPS) is 10.9. The molecule has 0 saturated carbocycles. The quantitative estimate of drug-likeness (QED) is 0.541. The van der Waals surface area contributed by atoms with Gasteiger partial charge in [-0.3, -0.25) is 9.10 Å². The molecule has 0 unspecified atom stereocenters. The van der Waals surface area contributed by atoms with E-state index in [9.17, 15) is 18.0 Å². The molecule has 0 heterocycles. The Bertz CT molecular complexity index is 1200. The van der Waals surface area contributed by atoms with Crippen LogP contribution in [-0.2, 0) is 19.6 Å². The Hall–Kier alpha value is -3.36. The number of para-hydroxylation sites is 1. The standard InChI is InChI=1S/C22H19ClN2O5S/c1-25(19-11-6-8-17(23)14-19)31(28,29)20-12-5-7-16(13-20)22(27)30-15-21(26)24-18-9-3-2-4-10-18/h2-14H,15H2,1H3,(H,24,26). The first-order valence-corrected chi connectivity index (χ1v) is 11.0. The highest BCUT2D eigenvalue weighted by Gasteiger charge is 2.23. The lowest BCUT2D eigenvalue weighted by atomic mass is 10.2. The molecule has 0 aromatic heterocycles. The molecule has 0 aliphatic carbocycles. The Morgan fingerprint density at radius 3 is 2.39 bits per heavy atom. The molecule has 3 aromatic rings. The summed E-state index contributed by atoms with van der Waals surface area (Å²) in [5.74, 6) is -1.32. The van der Waals surface area contributed by atoms with E-state index >= 15 is 0 Å². The van der Waals surface area contributed by atoms with E-state index in [1.54, 1.807) is 48.5 Å². The average Bonchev–Trinajstić information content (AvgIpc) is 2.77. The fraction of sp³-hybridized carbons (Fsp3) is 0.0909. The number of esters is 1. The molecule has 160 valence electrons. The van der Waals surface area contributed by atoms with Gasteiger partial charge in [-0.2, -0.15) is 0 Å². The van der Waals surface area contributed by atoms with Crippen LogP contribution in [0.3, 0.4) is 0 Å². The van der Waals surface area contributed by atoms with Crippen molar-refractivity contribution in [3.05, 3.63) is 89.4 Å². The fourth-order valence-corrected chi connectivity index (χ4v) is 4.10. The minimum Gasteiger partial charge on any atom is -0.452 e. The van der Waals surface area contributed by atoms with Gasteiger partial charge in [-0.15, -0.1) is 0 Å². The number of carbonyl (C=O) groups excluding carboxylic acids is 2. The van der Waals surface area contributed by atoms with Crippen LogP contribution >= 0.6 is 11.6 Å². The summed E-state index contributed by atoms with van der Waals surface area (Å²) in [6.07, 6.45) is 0. The first-order chi connectivity index (χ1) is 14.8. The summed E-state index contributed by atoms with van der Waals surface area (Å²) in [6.45, 7) is -0.507. The van der Waals surface area contributed by atoms with E-state index in [1.165, 1.54) is 37.4 Å². The molecule has 0 spiro atoms. The zero-order chi connectivity index (χ0) is 22.4. The lowest BCUT2D eigenvalue weighted by molar-refractivity contribution is -0.119. The summed E-state index contributed by atoms with van der Waals surface area (Å²) in [6, 6.07) is 20.5. The summed E-state index contributed by atoms with van der Waals surface area (Å²) in [7, 11) is -2.56. The molecule has 0 fully saturated rings. The number of hydrogen-bond acceptors (Lipinski definition) is 5. The molecule has 0 atom stereocenters. The number of nitrogens with one attached hydrogen (secondary N) is 1. The van der Waals surface area contributed by atoms with Gasteiger partial charge in [-0.1, -0.05) is 41.9 Å². The van der Waals surface area contributed by atoms with Crippen molar-refractivity contribution in [1.82, 2.24) is 0 Å². The summed E-state index contributed by atoms with van der Waals surface area (Å²) < 4.78 is 32.0. The number of carbonyl (C=O) groups is 2. The Morgan fingerprint density at radius 2 is 1.68 bits per heavy atom. The van der Waals surface area contributed by atoms with Crippen molar-refractivity contribution in [1.29, 1.82) is 0 Å². The van der Waals surface area contributed by atoms with Gasteiger partial charge in [0.05, 0.1) is 16.1 Å². The second kappa shape index (κ2) is 9.63. The summed E-state index contributed by atoms with van der Waals surface area (Å²) >= 11 is 5.95. The third-order valence-electron chi connectivity index (χ3n) is 4.29. The van der Waals surface area contributed by atoms with Gasteiger partial charge in [0.2, 0.25) is 0 Å². The van der Waals surface area contributed by atoms with Gasteiger partial charge in [0, 0.05) is 17.8 Å². The van der Waals surface area contributed by atoms with E-state index in [4.69, 9.17) is 16.3 Å². The zero-order valence-electron chi connectivity index (χ0n) is 16.5. The van der Waals surface area contributed by atoms with E-state index in [2.05, 4.69) is 5.32 Å². The van der Waals surface area contributed by atoms with Crippen LogP contribution in [0.1, 0.15) is 10.4 Å². The molecule has 1 N–H and O–H groups in total. The zero-order valence-corrected chi connectivity index (χ0v) is 18.1. The predicted molar refractivity (Wildman–Crippen MR) is 119 cm³/mol. The second-order valence-electron chi connectivity index (χ2n) is 6.47. The van der Waals surface area contributed by atoms with Crippen LogP contribution in [0.5, 0.6) is 0 Å². The van der Waals surface area contributed by atoms with E-state index in [1.807, 2.05) is 0 Å². The lowest BCUT2D eigenvalue weighted by Gasteiger charge is -2.20. The largest absolute Gasteiger partial charge is 0.452 e. The Kier molecular flexibility index (Phi) is 6.94. The minimum atomic E-state index is -3.95. The van der Waals surface area contributed by atoms with Gasteiger partial charge in [-0.05, 0) is 48.5 Å². The summed E-state index contributed by atoms with van der Waals surface area (Å²) in [4.78, 5) is 24.2. The maximum Gasteiger partial charge on any atom is 0.338 e. The van der Waals surface area contributed by atoms with Crippen LogP contribution in [0.15, 0.2) is 83.8 Å². The molecular weight excluding hydrogens is 440 g/mol. The SMILES string of the molecule is CN(c1cccc(Cl)c1)S(=O)(=O)c1cccc(C(=O)OCC(=O)Nc2ccccc2)c1. The van der Waals surface area contributed by atoms with E-state index in [-0.39, 0.29) is 10.5 Å². The minimum absolute atomic E-state index is 0.00748. The fourth-order valence-electron chi connectivity index (χ4n) is 2.69. The molecule has 0 aliphatic heterocycles. The molecule has 0 bridgehead atoms. The monoisotopic (exact) mass is 458 g/mol. The lowest BCUT2D eigenvalue weighted by Crippen LogP contribution is -2.27. The van der Waals surface area contributed by atoms with Gasteiger partial charge >= 0.3 is 5.97 Å². The van der Waals surface area contributed by atoms with Gasteiger partial charge in [0.15, 0.2) is 6.61 Å². The third kappa shape index (κ3) is 5.62. The number of amides is 1. The van der Waals surface area contributed by atoms with Crippen LogP contribution in [0.25, 0.3) is 0 Å². The number of ether oxygens (including phenoxy) is 1. The molecule has 7 nitrogen and oxygen atoms in total. The van der Waals surface area contributed by atoms with Crippen LogP contribution in [0.4, 0.5) is 11.4 Å². The molecule has 3 rings (SSSR count). The Labute approximate surface area is 185 Å². The van der Waals surface area contributed by atoms with Crippen LogP contribution < -0.4 is 9.62 Å². The van der Waals surface area contributed by atoms with Gasteiger partial charge in [-0.25, -0.2) is 13.2 Å². The van der Waals surface area contributed by atoms with E-state index < -0.39 is 28.5 Å². The first kappa shape index (κ1) is 22.3. The van der Waals surface area contributed by atoms with Crippen molar-refractivity contribution in [3.63, 3.8) is 0 Å². The smallest absolute Gasteiger partial charge is 0.338 e. The molecule has 9 heteroatoms.